The molecule has 0 atom stereocenters. The van der Waals surface area contributed by atoms with Gasteiger partial charge in [-0.25, -0.2) is 4.57 Å². The van der Waals surface area contributed by atoms with E-state index in [1.165, 1.54) is 5.69 Å². The van der Waals surface area contributed by atoms with E-state index in [4.69, 9.17) is 21.1 Å². The second-order valence-electron chi connectivity index (χ2n) is 4.95. The van der Waals surface area contributed by atoms with Gasteiger partial charge in [0, 0.05) is 22.7 Å². The molecule has 2 aromatic rings. The molecular formula is C16H17ClNO2+. The number of hydrogen-bond acceptors (Lipinski definition) is 2. The molecule has 3 nitrogen and oxygen atoms in total. The molecule has 3 rings (SSSR count). The zero-order valence-corrected chi connectivity index (χ0v) is 12.1. The van der Waals surface area contributed by atoms with Crippen LogP contribution < -0.4 is 4.57 Å². The Morgan fingerprint density at radius 2 is 1.75 bits per heavy atom. The van der Waals surface area contributed by atoms with Crippen molar-refractivity contribution in [2.24, 2.45) is 7.05 Å². The van der Waals surface area contributed by atoms with Crippen LogP contribution >= 0.6 is 11.6 Å². The Bertz CT molecular complexity index is 541. The lowest BCUT2D eigenvalue weighted by atomic mass is 10.1. The Morgan fingerprint density at radius 3 is 2.45 bits per heavy atom. The first-order valence-corrected chi connectivity index (χ1v) is 7.05. The van der Waals surface area contributed by atoms with Crippen LogP contribution in [0.15, 0.2) is 48.7 Å². The van der Waals surface area contributed by atoms with Crippen LogP contribution in [0.5, 0.6) is 0 Å². The van der Waals surface area contributed by atoms with Gasteiger partial charge in [-0.3, -0.25) is 0 Å². The Hall–Kier alpha value is -1.42. The van der Waals surface area contributed by atoms with Crippen molar-refractivity contribution in [1.82, 2.24) is 0 Å². The maximum atomic E-state index is 6.17. The summed E-state index contributed by atoms with van der Waals surface area (Å²) in [7, 11) is 2.04. The Balaban J connectivity index is 1.72. The third-order valence-electron chi connectivity index (χ3n) is 3.57. The normalized spacial score (nSPS) is 22.7. The Kier molecular flexibility index (Phi) is 4.01. The molecule has 0 spiro atoms. The van der Waals surface area contributed by atoms with Crippen molar-refractivity contribution in [1.29, 1.82) is 0 Å². The zero-order valence-electron chi connectivity index (χ0n) is 11.3. The van der Waals surface area contributed by atoms with Crippen LogP contribution in [0.25, 0.3) is 0 Å². The molecule has 0 bridgehead atoms. The summed E-state index contributed by atoms with van der Waals surface area (Å²) >= 11 is 6.17. The van der Waals surface area contributed by atoms with Crippen molar-refractivity contribution in [2.75, 3.05) is 13.2 Å². The highest BCUT2D eigenvalue weighted by Gasteiger charge is 2.29. The standard InChI is InChI=1S/C16H17ClNO2/c1-18-9-5-4-8-15(18)12-10-19-16(20-11-12)13-6-2-3-7-14(13)17/h2-9,12,16H,10-11H2,1H3/q+1. The third kappa shape index (κ3) is 2.70. The number of pyridine rings is 1. The van der Waals surface area contributed by atoms with Crippen molar-refractivity contribution in [3.63, 3.8) is 0 Å². The minimum Gasteiger partial charge on any atom is -0.347 e. The van der Waals surface area contributed by atoms with Gasteiger partial charge in [0.1, 0.15) is 7.05 Å². The molecule has 0 N–H and O–H groups in total. The van der Waals surface area contributed by atoms with E-state index in [9.17, 15) is 0 Å². The fraction of sp³-hybridized carbons (Fsp3) is 0.312. The summed E-state index contributed by atoms with van der Waals surface area (Å²) in [6.45, 7) is 1.27. The largest absolute Gasteiger partial charge is 0.347 e. The van der Waals surface area contributed by atoms with E-state index in [1.54, 1.807) is 0 Å². The smallest absolute Gasteiger partial charge is 0.188 e. The van der Waals surface area contributed by atoms with Crippen molar-refractivity contribution in [3.8, 4) is 0 Å². The minimum atomic E-state index is -0.367. The van der Waals surface area contributed by atoms with Crippen LogP contribution in [0.3, 0.4) is 0 Å². The van der Waals surface area contributed by atoms with E-state index in [0.29, 0.717) is 18.2 Å². The predicted octanol–water partition coefficient (Wildman–Crippen LogP) is 2.99. The molecule has 1 fully saturated rings. The van der Waals surface area contributed by atoms with Crippen molar-refractivity contribution >= 4 is 11.6 Å². The van der Waals surface area contributed by atoms with Gasteiger partial charge in [-0.2, -0.15) is 0 Å². The van der Waals surface area contributed by atoms with Crippen LogP contribution in [-0.4, -0.2) is 13.2 Å². The molecule has 2 heterocycles. The van der Waals surface area contributed by atoms with Crippen LogP contribution in [0.2, 0.25) is 5.02 Å². The van der Waals surface area contributed by atoms with E-state index in [-0.39, 0.29) is 12.2 Å². The number of hydrogen-bond donors (Lipinski definition) is 0. The molecular weight excluding hydrogens is 274 g/mol. The maximum Gasteiger partial charge on any atom is 0.188 e. The molecule has 20 heavy (non-hydrogen) atoms. The van der Waals surface area contributed by atoms with Gasteiger partial charge < -0.3 is 9.47 Å². The molecule has 1 aliphatic heterocycles. The monoisotopic (exact) mass is 290 g/mol. The molecule has 1 aromatic heterocycles. The Labute approximate surface area is 123 Å². The van der Waals surface area contributed by atoms with Crippen molar-refractivity contribution in [3.05, 3.63) is 64.9 Å². The maximum absolute atomic E-state index is 6.17. The summed E-state index contributed by atoms with van der Waals surface area (Å²) in [5, 5.41) is 0.682. The average Bonchev–Trinajstić information content (AvgIpc) is 2.49. The third-order valence-corrected chi connectivity index (χ3v) is 3.91. The predicted molar refractivity (Wildman–Crippen MR) is 76.5 cm³/mol. The molecule has 1 saturated heterocycles. The molecule has 0 aliphatic carbocycles. The van der Waals surface area contributed by atoms with Gasteiger partial charge in [0.2, 0.25) is 0 Å². The molecule has 1 aliphatic rings. The van der Waals surface area contributed by atoms with E-state index in [0.717, 1.165) is 5.56 Å². The summed E-state index contributed by atoms with van der Waals surface area (Å²) < 4.78 is 13.8. The van der Waals surface area contributed by atoms with Gasteiger partial charge in [-0.05, 0) is 6.07 Å². The van der Waals surface area contributed by atoms with E-state index < -0.39 is 0 Å². The van der Waals surface area contributed by atoms with Gasteiger partial charge >= 0.3 is 0 Å². The molecule has 0 amide bonds. The second kappa shape index (κ2) is 5.92. The van der Waals surface area contributed by atoms with Crippen LogP contribution in [0.1, 0.15) is 23.5 Å². The average molecular weight is 291 g/mol. The number of rotatable bonds is 2. The second-order valence-corrected chi connectivity index (χ2v) is 5.36. The van der Waals surface area contributed by atoms with Gasteiger partial charge in [0.25, 0.3) is 0 Å². The van der Waals surface area contributed by atoms with E-state index in [2.05, 4.69) is 10.6 Å². The van der Waals surface area contributed by atoms with Crippen LogP contribution in [-0.2, 0) is 16.5 Å². The zero-order chi connectivity index (χ0) is 13.9. The number of aromatic nitrogens is 1. The van der Waals surface area contributed by atoms with Gasteiger partial charge in [0.15, 0.2) is 18.2 Å². The molecule has 4 heteroatoms. The molecule has 0 saturated carbocycles. The summed E-state index contributed by atoms with van der Waals surface area (Å²) in [6, 6.07) is 13.8. The first-order valence-electron chi connectivity index (χ1n) is 6.68. The lowest BCUT2D eigenvalue weighted by Crippen LogP contribution is -2.38. The minimum absolute atomic E-state index is 0.250. The lowest BCUT2D eigenvalue weighted by Gasteiger charge is -2.28. The quantitative estimate of drug-likeness (QED) is 0.794. The highest BCUT2D eigenvalue weighted by atomic mass is 35.5. The fourth-order valence-electron chi connectivity index (χ4n) is 2.48. The summed E-state index contributed by atoms with van der Waals surface area (Å²) in [4.78, 5) is 0. The summed E-state index contributed by atoms with van der Waals surface area (Å²) in [5.41, 5.74) is 2.11. The number of ether oxygens (including phenoxy) is 2. The molecule has 1 aromatic carbocycles. The summed E-state index contributed by atoms with van der Waals surface area (Å²) in [5.74, 6) is 0.250. The van der Waals surface area contributed by atoms with E-state index in [1.807, 2.05) is 49.6 Å². The highest BCUT2D eigenvalue weighted by molar-refractivity contribution is 6.31. The number of benzene rings is 1. The number of halogens is 1. The van der Waals surface area contributed by atoms with Gasteiger partial charge in [-0.1, -0.05) is 35.9 Å². The summed E-state index contributed by atoms with van der Waals surface area (Å²) in [6.07, 6.45) is 1.67. The van der Waals surface area contributed by atoms with Gasteiger partial charge in [-0.15, -0.1) is 0 Å². The Morgan fingerprint density at radius 1 is 1.05 bits per heavy atom. The molecule has 0 unspecified atom stereocenters. The fourth-order valence-corrected chi connectivity index (χ4v) is 2.71. The van der Waals surface area contributed by atoms with Gasteiger partial charge in [0.05, 0.1) is 19.1 Å². The van der Waals surface area contributed by atoms with Crippen molar-refractivity contribution in [2.45, 2.75) is 12.2 Å². The van der Waals surface area contributed by atoms with E-state index >= 15 is 0 Å². The first kappa shape index (κ1) is 13.6. The van der Waals surface area contributed by atoms with Crippen molar-refractivity contribution < 1.29 is 14.0 Å². The first-order chi connectivity index (χ1) is 9.75. The SMILES string of the molecule is C[n+]1ccccc1C1COC(c2ccccc2Cl)OC1. The van der Waals surface area contributed by atoms with Crippen LogP contribution in [0.4, 0.5) is 0 Å². The lowest BCUT2D eigenvalue weighted by molar-refractivity contribution is -0.681. The highest BCUT2D eigenvalue weighted by Crippen LogP contribution is 2.32. The van der Waals surface area contributed by atoms with Crippen LogP contribution in [0, 0.1) is 0 Å². The molecule has 104 valence electrons. The molecule has 0 radical (unpaired) electrons. The number of nitrogens with zero attached hydrogens (tertiary/aromatic N) is 1. The topological polar surface area (TPSA) is 22.3 Å². The number of aryl methyl sites for hydroxylation is 1.